The van der Waals surface area contributed by atoms with Gasteiger partial charge in [0.2, 0.25) is 5.91 Å². The van der Waals surface area contributed by atoms with Crippen LogP contribution in [0.5, 0.6) is 0 Å². The van der Waals surface area contributed by atoms with E-state index in [2.05, 4.69) is 13.8 Å². The molecule has 0 spiro atoms. The smallest absolute Gasteiger partial charge is 0.416 e. The number of amides is 3. The summed E-state index contributed by atoms with van der Waals surface area (Å²) >= 11 is 0. The number of hydrogen-bond acceptors (Lipinski definition) is 5. The molecule has 0 radical (unpaired) electrons. The summed E-state index contributed by atoms with van der Waals surface area (Å²) in [5, 5.41) is 0. The molecule has 0 N–H and O–H groups in total. The van der Waals surface area contributed by atoms with Crippen molar-refractivity contribution in [3.8, 4) is 0 Å². The molecule has 0 aromatic carbocycles. The van der Waals surface area contributed by atoms with Gasteiger partial charge in [0.1, 0.15) is 13.2 Å². The third kappa shape index (κ3) is 4.74. The van der Waals surface area contributed by atoms with Gasteiger partial charge in [-0.15, -0.1) is 0 Å². The molecule has 2 rings (SSSR count). The van der Waals surface area contributed by atoms with Crippen LogP contribution in [-0.4, -0.2) is 54.2 Å². The van der Waals surface area contributed by atoms with Gasteiger partial charge < -0.3 is 9.47 Å². The van der Waals surface area contributed by atoms with Gasteiger partial charge in [0.25, 0.3) is 0 Å². The first kappa shape index (κ1) is 19.3. The van der Waals surface area contributed by atoms with Crippen LogP contribution < -0.4 is 0 Å². The number of hydrogen-bond donors (Lipinski definition) is 0. The van der Waals surface area contributed by atoms with E-state index in [1.54, 1.807) is 4.90 Å². The van der Waals surface area contributed by atoms with Crippen LogP contribution in [0.4, 0.5) is 9.59 Å². The van der Waals surface area contributed by atoms with Crippen LogP contribution in [0.15, 0.2) is 11.8 Å². The summed E-state index contributed by atoms with van der Waals surface area (Å²) in [6.07, 6.45) is 6.12. The fourth-order valence-electron chi connectivity index (χ4n) is 3.11. The highest BCUT2D eigenvalue weighted by molar-refractivity contribution is 5.96. The molecule has 0 aromatic heterocycles. The van der Waals surface area contributed by atoms with Gasteiger partial charge in [-0.2, -0.15) is 0 Å². The third-order valence-corrected chi connectivity index (χ3v) is 4.51. The molecule has 0 aromatic rings. The average molecular weight is 352 g/mol. The molecule has 1 unspecified atom stereocenters. The summed E-state index contributed by atoms with van der Waals surface area (Å²) < 4.78 is 9.97. The van der Waals surface area contributed by atoms with Crippen LogP contribution in [-0.2, 0) is 14.3 Å². The lowest BCUT2D eigenvalue weighted by molar-refractivity contribution is -0.131. The first-order valence-electron chi connectivity index (χ1n) is 9.22. The Morgan fingerprint density at radius 1 is 1.04 bits per heavy atom. The number of rotatable bonds is 9. The van der Waals surface area contributed by atoms with Crippen LogP contribution in [0.25, 0.3) is 0 Å². The van der Waals surface area contributed by atoms with Crippen LogP contribution in [0, 0.1) is 5.92 Å². The number of nitrogens with zero attached hydrogens (tertiary/aromatic N) is 2. The van der Waals surface area contributed by atoms with E-state index < -0.39 is 18.1 Å². The van der Waals surface area contributed by atoms with Gasteiger partial charge in [0.05, 0.1) is 19.0 Å². The second-order valence-corrected chi connectivity index (χ2v) is 6.34. The van der Waals surface area contributed by atoms with E-state index >= 15 is 0 Å². The Hall–Kier alpha value is -2.05. The van der Waals surface area contributed by atoms with Crippen LogP contribution in [0.1, 0.15) is 52.4 Å². The molecule has 0 aliphatic carbocycles. The number of cyclic esters (lactones) is 2. The Morgan fingerprint density at radius 2 is 1.64 bits per heavy atom. The second kappa shape index (κ2) is 9.44. The highest BCUT2D eigenvalue weighted by Gasteiger charge is 2.39. The summed E-state index contributed by atoms with van der Waals surface area (Å²) in [6.45, 7) is 5.41. The Morgan fingerprint density at radius 3 is 2.16 bits per heavy atom. The highest BCUT2D eigenvalue weighted by Crippen LogP contribution is 2.28. The summed E-state index contributed by atoms with van der Waals surface area (Å²) in [6, 6.07) is 0. The maximum atomic E-state index is 13.0. The molecule has 0 saturated carbocycles. The van der Waals surface area contributed by atoms with Crippen molar-refractivity contribution in [2.24, 2.45) is 5.92 Å². The van der Waals surface area contributed by atoms with Gasteiger partial charge in [-0.1, -0.05) is 45.6 Å². The van der Waals surface area contributed by atoms with E-state index in [1.165, 1.54) is 0 Å². The number of imide groups is 1. The zero-order chi connectivity index (χ0) is 18.2. The molecular formula is C18H28N2O5. The van der Waals surface area contributed by atoms with Gasteiger partial charge in [0, 0.05) is 5.70 Å². The van der Waals surface area contributed by atoms with Crippen molar-refractivity contribution in [2.45, 2.75) is 52.4 Å². The van der Waals surface area contributed by atoms with Crippen molar-refractivity contribution >= 4 is 18.1 Å². The predicted molar refractivity (Wildman–Crippen MR) is 91.7 cm³/mol. The van der Waals surface area contributed by atoms with Crippen molar-refractivity contribution < 1.29 is 23.9 Å². The first-order chi connectivity index (χ1) is 12.1. The third-order valence-electron chi connectivity index (χ3n) is 4.51. The lowest BCUT2D eigenvalue weighted by Gasteiger charge is -2.27. The largest absolute Gasteiger partial charge is 0.447 e. The standard InChI is InChI=1S/C18H28N2O5/c1-3-5-7-9-15(19-10-12-24-17(19)22)14(8-6-4-2)16(21)20-11-13-25-18(20)23/h9,14H,3-8,10-13H2,1-2H3/b15-9-. The molecule has 0 bridgehead atoms. The van der Waals surface area contributed by atoms with E-state index in [9.17, 15) is 14.4 Å². The molecule has 7 nitrogen and oxygen atoms in total. The molecule has 140 valence electrons. The molecule has 2 fully saturated rings. The topological polar surface area (TPSA) is 76.2 Å². The molecule has 1 atom stereocenters. The Balaban J connectivity index is 2.27. The number of carbonyl (C=O) groups excluding carboxylic acids is 3. The molecule has 25 heavy (non-hydrogen) atoms. The molecule has 7 heteroatoms. The number of unbranched alkanes of at least 4 members (excludes halogenated alkanes) is 3. The van der Waals surface area contributed by atoms with E-state index in [4.69, 9.17) is 9.47 Å². The Labute approximate surface area is 148 Å². The molecule has 2 aliphatic heterocycles. The van der Waals surface area contributed by atoms with Gasteiger partial charge in [-0.05, 0) is 12.8 Å². The minimum atomic E-state index is -0.594. The minimum absolute atomic E-state index is 0.228. The molecule has 2 heterocycles. The number of carbonyl (C=O) groups is 3. The SMILES string of the molecule is CCCC/C=C(/C(CCCC)C(=O)N1CCOC1=O)N1CCOC1=O. The van der Waals surface area contributed by atoms with Gasteiger partial charge in [-0.25, -0.2) is 14.5 Å². The van der Waals surface area contributed by atoms with E-state index in [-0.39, 0.29) is 19.1 Å². The fourth-order valence-corrected chi connectivity index (χ4v) is 3.11. The molecular weight excluding hydrogens is 324 g/mol. The van der Waals surface area contributed by atoms with Crippen LogP contribution >= 0.6 is 0 Å². The zero-order valence-corrected chi connectivity index (χ0v) is 15.2. The average Bonchev–Trinajstić information content (AvgIpc) is 3.21. The summed E-state index contributed by atoms with van der Waals surface area (Å²) in [4.78, 5) is 39.6. The quantitative estimate of drug-likeness (QED) is 0.595. The number of allylic oxidation sites excluding steroid dienone is 1. The van der Waals surface area contributed by atoms with Gasteiger partial charge in [0.15, 0.2) is 0 Å². The number of ether oxygens (including phenoxy) is 2. The van der Waals surface area contributed by atoms with Crippen molar-refractivity contribution in [2.75, 3.05) is 26.3 Å². The van der Waals surface area contributed by atoms with E-state index in [1.807, 2.05) is 6.08 Å². The Bertz CT molecular complexity index is 532. The van der Waals surface area contributed by atoms with E-state index in [0.717, 1.165) is 37.0 Å². The van der Waals surface area contributed by atoms with Gasteiger partial charge in [-0.3, -0.25) is 9.69 Å². The van der Waals surface area contributed by atoms with Crippen molar-refractivity contribution in [1.82, 2.24) is 9.80 Å². The second-order valence-electron chi connectivity index (χ2n) is 6.34. The first-order valence-corrected chi connectivity index (χ1v) is 9.22. The fraction of sp³-hybridized carbons (Fsp3) is 0.722. The summed E-state index contributed by atoms with van der Waals surface area (Å²) in [5.41, 5.74) is 0.675. The van der Waals surface area contributed by atoms with Crippen molar-refractivity contribution in [1.29, 1.82) is 0 Å². The van der Waals surface area contributed by atoms with Crippen LogP contribution in [0.3, 0.4) is 0 Å². The maximum Gasteiger partial charge on any atom is 0.416 e. The van der Waals surface area contributed by atoms with Crippen molar-refractivity contribution in [3.63, 3.8) is 0 Å². The normalized spacial score (nSPS) is 19.2. The summed E-state index contributed by atoms with van der Waals surface area (Å²) in [7, 11) is 0. The monoisotopic (exact) mass is 352 g/mol. The Kier molecular flexibility index (Phi) is 7.28. The van der Waals surface area contributed by atoms with Crippen molar-refractivity contribution in [3.05, 3.63) is 11.8 Å². The minimum Gasteiger partial charge on any atom is -0.447 e. The van der Waals surface area contributed by atoms with Gasteiger partial charge >= 0.3 is 12.2 Å². The maximum absolute atomic E-state index is 13.0. The molecule has 3 amide bonds. The van der Waals surface area contributed by atoms with E-state index in [0.29, 0.717) is 25.3 Å². The lowest BCUT2D eigenvalue weighted by atomic mass is 9.94. The predicted octanol–water partition coefficient (Wildman–Crippen LogP) is 3.30. The highest BCUT2D eigenvalue weighted by atomic mass is 16.6. The van der Waals surface area contributed by atoms with Crippen LogP contribution in [0.2, 0.25) is 0 Å². The molecule has 2 saturated heterocycles. The molecule has 2 aliphatic rings. The zero-order valence-electron chi connectivity index (χ0n) is 15.2. The lowest BCUT2D eigenvalue weighted by Crippen LogP contribution is -2.41. The summed E-state index contributed by atoms with van der Waals surface area (Å²) in [5.74, 6) is -0.800.